The van der Waals surface area contributed by atoms with Gasteiger partial charge in [0, 0.05) is 25.2 Å². The van der Waals surface area contributed by atoms with Crippen LogP contribution in [-0.4, -0.2) is 10.5 Å². The Bertz CT molecular complexity index is 782. The van der Waals surface area contributed by atoms with E-state index < -0.39 is 0 Å². The van der Waals surface area contributed by atoms with E-state index in [1.54, 1.807) is 24.7 Å². The van der Waals surface area contributed by atoms with Gasteiger partial charge in [0.05, 0.1) is 10.7 Å². The predicted octanol–water partition coefficient (Wildman–Crippen LogP) is 2.90. The maximum absolute atomic E-state index is 11.8. The topological polar surface area (TPSA) is 51.1 Å². The molecule has 1 aliphatic heterocycles. The van der Waals surface area contributed by atoms with Crippen LogP contribution in [0.5, 0.6) is 0 Å². The number of nitrogens with zero attached hydrogens (tertiary/aromatic N) is 1. The number of amides is 1. The summed E-state index contributed by atoms with van der Waals surface area (Å²) >= 11 is 6.29. The van der Waals surface area contributed by atoms with Crippen molar-refractivity contribution in [2.45, 2.75) is 19.8 Å². The van der Waals surface area contributed by atoms with Crippen LogP contribution in [0, 0.1) is 6.92 Å². The van der Waals surface area contributed by atoms with Crippen molar-refractivity contribution < 1.29 is 4.79 Å². The van der Waals surface area contributed by atoms with E-state index in [0.717, 1.165) is 16.7 Å². The van der Waals surface area contributed by atoms with E-state index in [1.165, 1.54) is 0 Å². The second-order valence-electron chi connectivity index (χ2n) is 5.37. The van der Waals surface area contributed by atoms with E-state index in [0.29, 0.717) is 29.1 Å². The van der Waals surface area contributed by atoms with E-state index >= 15 is 0 Å². The van der Waals surface area contributed by atoms with Gasteiger partial charge >= 0.3 is 0 Å². The molecule has 0 saturated heterocycles. The van der Waals surface area contributed by atoms with Gasteiger partial charge in [0.25, 0.3) is 5.56 Å². The van der Waals surface area contributed by atoms with Gasteiger partial charge in [-0.25, -0.2) is 0 Å². The number of fused-ring (bicyclic) bond motifs is 1. The summed E-state index contributed by atoms with van der Waals surface area (Å²) in [5.74, 6) is -0.00453. The number of halogens is 1. The number of hydrogen-bond acceptors (Lipinski definition) is 2. The van der Waals surface area contributed by atoms with Gasteiger partial charge in [-0.05, 0) is 48.2 Å². The molecule has 4 nitrogen and oxygen atoms in total. The third-order valence-electron chi connectivity index (χ3n) is 3.75. The molecule has 0 aliphatic carbocycles. The summed E-state index contributed by atoms with van der Waals surface area (Å²) in [7, 11) is 1.74. The third kappa shape index (κ3) is 2.47. The molecule has 1 aromatic carbocycles. The maximum atomic E-state index is 11.8. The van der Waals surface area contributed by atoms with Gasteiger partial charge in [-0.15, -0.1) is 0 Å². The zero-order chi connectivity index (χ0) is 15.1. The van der Waals surface area contributed by atoms with Gasteiger partial charge in [-0.2, -0.15) is 0 Å². The highest BCUT2D eigenvalue weighted by atomic mass is 35.5. The summed E-state index contributed by atoms with van der Waals surface area (Å²) < 4.78 is 1.57. The van der Waals surface area contributed by atoms with Crippen LogP contribution in [0.4, 0.5) is 5.69 Å². The highest BCUT2D eigenvalue weighted by Crippen LogP contribution is 2.35. The SMILES string of the molecule is Cc1cc(-c2cc(Cl)c3c(c2)CCC(=O)N3)cn(C)c1=O. The van der Waals surface area contributed by atoms with Crippen LogP contribution in [-0.2, 0) is 18.3 Å². The van der Waals surface area contributed by atoms with Gasteiger partial charge in [0.1, 0.15) is 0 Å². The normalized spacial score (nSPS) is 13.8. The summed E-state index contributed by atoms with van der Waals surface area (Å²) in [6, 6.07) is 5.72. The Kier molecular flexibility index (Phi) is 3.33. The lowest BCUT2D eigenvalue weighted by Gasteiger charge is -2.19. The molecule has 0 radical (unpaired) electrons. The van der Waals surface area contributed by atoms with Crippen LogP contribution in [0.1, 0.15) is 17.5 Å². The molecule has 0 bridgehead atoms. The number of carbonyl (C=O) groups excluding carboxylic acids is 1. The molecule has 5 heteroatoms. The fourth-order valence-corrected chi connectivity index (χ4v) is 2.94. The lowest BCUT2D eigenvalue weighted by Crippen LogP contribution is -2.20. The molecule has 1 N–H and O–H groups in total. The van der Waals surface area contributed by atoms with E-state index in [1.807, 2.05) is 18.2 Å². The first-order chi connectivity index (χ1) is 9.95. The van der Waals surface area contributed by atoms with E-state index in [2.05, 4.69) is 5.32 Å². The molecule has 1 aromatic heterocycles. The summed E-state index contributed by atoms with van der Waals surface area (Å²) in [5, 5.41) is 3.34. The van der Waals surface area contributed by atoms with Crippen molar-refractivity contribution in [1.29, 1.82) is 0 Å². The molecule has 108 valence electrons. The molecule has 0 saturated carbocycles. The number of aromatic nitrogens is 1. The van der Waals surface area contributed by atoms with Crippen molar-refractivity contribution in [3.8, 4) is 11.1 Å². The summed E-state index contributed by atoms with van der Waals surface area (Å²) in [6.07, 6.45) is 2.95. The van der Waals surface area contributed by atoms with Crippen LogP contribution in [0.3, 0.4) is 0 Å². The minimum absolute atomic E-state index is 0.00453. The minimum Gasteiger partial charge on any atom is -0.325 e. The number of carbonyl (C=O) groups is 1. The van der Waals surface area contributed by atoms with E-state index in [4.69, 9.17) is 11.6 Å². The molecule has 2 aromatic rings. The van der Waals surface area contributed by atoms with Gasteiger partial charge < -0.3 is 9.88 Å². The van der Waals surface area contributed by atoms with E-state index in [9.17, 15) is 9.59 Å². The van der Waals surface area contributed by atoms with Gasteiger partial charge in [0.2, 0.25) is 5.91 Å². The van der Waals surface area contributed by atoms with Crippen molar-refractivity contribution in [2.75, 3.05) is 5.32 Å². The van der Waals surface area contributed by atoms with Gasteiger partial charge in [0.15, 0.2) is 0 Å². The monoisotopic (exact) mass is 302 g/mol. The lowest BCUT2D eigenvalue weighted by atomic mass is 9.97. The first kappa shape index (κ1) is 13.9. The van der Waals surface area contributed by atoms with Crippen LogP contribution in [0.25, 0.3) is 11.1 Å². The zero-order valence-corrected chi connectivity index (χ0v) is 12.6. The maximum Gasteiger partial charge on any atom is 0.253 e. The molecule has 3 rings (SSSR count). The minimum atomic E-state index is -0.00456. The van der Waals surface area contributed by atoms with Crippen molar-refractivity contribution >= 4 is 23.2 Å². The number of pyridine rings is 1. The standard InChI is InChI=1S/C16H15ClN2O2/c1-9-5-12(8-19(2)16(9)21)11-6-10-3-4-14(20)18-15(10)13(17)7-11/h5-8H,3-4H2,1-2H3,(H,18,20). The molecule has 1 aliphatic rings. The average Bonchev–Trinajstić information content (AvgIpc) is 2.44. The molecular weight excluding hydrogens is 288 g/mol. The van der Waals surface area contributed by atoms with Crippen molar-refractivity contribution in [3.05, 3.63) is 50.9 Å². The molecule has 21 heavy (non-hydrogen) atoms. The number of hydrogen-bond donors (Lipinski definition) is 1. The molecule has 2 heterocycles. The highest BCUT2D eigenvalue weighted by Gasteiger charge is 2.19. The van der Waals surface area contributed by atoms with Crippen LogP contribution >= 0.6 is 11.6 Å². The molecule has 1 amide bonds. The molecule has 0 fully saturated rings. The number of anilines is 1. The van der Waals surface area contributed by atoms with Crippen LogP contribution in [0.2, 0.25) is 5.02 Å². The third-order valence-corrected chi connectivity index (χ3v) is 4.05. The van der Waals surface area contributed by atoms with Crippen molar-refractivity contribution in [1.82, 2.24) is 4.57 Å². The van der Waals surface area contributed by atoms with Crippen molar-refractivity contribution in [3.63, 3.8) is 0 Å². The first-order valence-corrected chi connectivity index (χ1v) is 7.13. The van der Waals surface area contributed by atoms with Crippen molar-refractivity contribution in [2.24, 2.45) is 7.05 Å². The molecular formula is C16H15ClN2O2. The summed E-state index contributed by atoms with van der Waals surface area (Å²) in [5.41, 5.74) is 4.32. The van der Waals surface area contributed by atoms with Gasteiger partial charge in [-0.1, -0.05) is 11.6 Å². The Balaban J connectivity index is 2.14. The number of rotatable bonds is 1. The number of aryl methyl sites for hydroxylation is 3. The Morgan fingerprint density at radius 1 is 1.14 bits per heavy atom. The smallest absolute Gasteiger partial charge is 0.253 e. The van der Waals surface area contributed by atoms with E-state index in [-0.39, 0.29) is 11.5 Å². The Morgan fingerprint density at radius 3 is 2.62 bits per heavy atom. The number of nitrogens with one attached hydrogen (secondary N) is 1. The fraction of sp³-hybridized carbons (Fsp3) is 0.250. The summed E-state index contributed by atoms with van der Waals surface area (Å²) in [6.45, 7) is 1.80. The molecule has 0 atom stereocenters. The lowest BCUT2D eigenvalue weighted by molar-refractivity contribution is -0.116. The Morgan fingerprint density at radius 2 is 1.90 bits per heavy atom. The quantitative estimate of drug-likeness (QED) is 0.880. The van der Waals surface area contributed by atoms with Crippen LogP contribution < -0.4 is 10.9 Å². The van der Waals surface area contributed by atoms with Crippen LogP contribution in [0.15, 0.2) is 29.2 Å². The average molecular weight is 303 g/mol. The zero-order valence-electron chi connectivity index (χ0n) is 11.9. The second kappa shape index (κ2) is 5.04. The molecule has 0 unspecified atom stereocenters. The Hall–Kier alpha value is -2.07. The fourth-order valence-electron chi connectivity index (χ4n) is 2.65. The highest BCUT2D eigenvalue weighted by molar-refractivity contribution is 6.34. The second-order valence-corrected chi connectivity index (χ2v) is 5.78. The largest absolute Gasteiger partial charge is 0.325 e. The molecule has 0 spiro atoms. The van der Waals surface area contributed by atoms with Gasteiger partial charge in [-0.3, -0.25) is 9.59 Å². The first-order valence-electron chi connectivity index (χ1n) is 6.75. The number of benzene rings is 1. The summed E-state index contributed by atoms with van der Waals surface area (Å²) in [4.78, 5) is 23.2. The predicted molar refractivity (Wildman–Crippen MR) is 83.8 cm³/mol. The Labute approximate surface area is 127 Å².